The number of aromatic amines is 1. The fourth-order valence-corrected chi connectivity index (χ4v) is 4.25. The molecule has 1 fully saturated rings. The molecule has 1 aromatic heterocycles. The number of aromatic nitrogens is 2. The molecule has 0 saturated carbocycles. The third kappa shape index (κ3) is 4.12. The highest BCUT2D eigenvalue weighted by atomic mass is 16.5. The second-order valence-electron chi connectivity index (χ2n) is 8.05. The van der Waals surface area contributed by atoms with Crippen molar-refractivity contribution in [3.8, 4) is 11.5 Å². The standard InChI is InChI=1S/C22H27N5O5/c1-12-6-4-5-9-27(12)22-25-19-18(21(30)26-22)14(11-17(28)24-19)20(29)23-15-8-7-13(31-2)10-16(15)32-3/h7-8,10,12,14H,4-6,9,11H2,1-3H3,(H,23,29)(H2,24,25,26,28,30). The van der Waals surface area contributed by atoms with Crippen LogP contribution in [-0.2, 0) is 9.59 Å². The first-order chi connectivity index (χ1) is 15.4. The predicted octanol–water partition coefficient (Wildman–Crippen LogP) is 2.23. The van der Waals surface area contributed by atoms with E-state index in [0.29, 0.717) is 23.1 Å². The molecule has 10 nitrogen and oxygen atoms in total. The van der Waals surface area contributed by atoms with Gasteiger partial charge < -0.3 is 25.0 Å². The van der Waals surface area contributed by atoms with E-state index >= 15 is 0 Å². The van der Waals surface area contributed by atoms with E-state index in [1.54, 1.807) is 18.2 Å². The molecule has 0 aliphatic carbocycles. The van der Waals surface area contributed by atoms with Gasteiger partial charge in [0.15, 0.2) is 0 Å². The Morgan fingerprint density at radius 2 is 2.03 bits per heavy atom. The number of anilines is 3. The second-order valence-corrected chi connectivity index (χ2v) is 8.05. The Morgan fingerprint density at radius 3 is 2.75 bits per heavy atom. The number of nitrogens with zero attached hydrogens (tertiary/aromatic N) is 2. The highest BCUT2D eigenvalue weighted by Gasteiger charge is 2.36. The number of methoxy groups -OCH3 is 2. The molecule has 170 valence electrons. The van der Waals surface area contributed by atoms with Crippen LogP contribution in [0.5, 0.6) is 11.5 Å². The maximum absolute atomic E-state index is 13.1. The van der Waals surface area contributed by atoms with E-state index in [1.165, 1.54) is 14.2 Å². The summed E-state index contributed by atoms with van der Waals surface area (Å²) in [6.07, 6.45) is 2.98. The number of ether oxygens (including phenoxy) is 2. The highest BCUT2D eigenvalue weighted by Crippen LogP contribution is 2.34. The number of rotatable bonds is 5. The molecule has 4 rings (SSSR count). The SMILES string of the molecule is COc1ccc(NC(=O)C2CC(=O)Nc3nc(N4CCCCC4C)[nH]c(=O)c32)c(OC)c1. The van der Waals surface area contributed by atoms with E-state index in [0.717, 1.165) is 25.8 Å². The summed E-state index contributed by atoms with van der Waals surface area (Å²) in [6.45, 7) is 2.85. The van der Waals surface area contributed by atoms with Gasteiger partial charge in [-0.15, -0.1) is 0 Å². The van der Waals surface area contributed by atoms with Gasteiger partial charge in [-0.3, -0.25) is 19.4 Å². The minimum atomic E-state index is -0.977. The number of carbonyl (C=O) groups is 2. The van der Waals surface area contributed by atoms with Gasteiger partial charge in [0.2, 0.25) is 17.8 Å². The lowest BCUT2D eigenvalue weighted by molar-refractivity contribution is -0.123. The van der Waals surface area contributed by atoms with Gasteiger partial charge in [0.05, 0.1) is 31.4 Å². The number of hydrogen-bond acceptors (Lipinski definition) is 7. The molecule has 2 aliphatic heterocycles. The minimum Gasteiger partial charge on any atom is -0.497 e. The van der Waals surface area contributed by atoms with Gasteiger partial charge in [0, 0.05) is 25.1 Å². The average Bonchev–Trinajstić information content (AvgIpc) is 2.78. The van der Waals surface area contributed by atoms with E-state index < -0.39 is 17.4 Å². The quantitative estimate of drug-likeness (QED) is 0.650. The second kappa shape index (κ2) is 8.89. The van der Waals surface area contributed by atoms with Crippen molar-refractivity contribution in [3.05, 3.63) is 34.1 Å². The number of carbonyl (C=O) groups excluding carboxylic acids is 2. The Hall–Kier alpha value is -3.56. The molecule has 0 bridgehead atoms. The molecule has 2 atom stereocenters. The van der Waals surface area contributed by atoms with Crippen LogP contribution in [-0.4, -0.2) is 48.6 Å². The Balaban J connectivity index is 1.65. The summed E-state index contributed by atoms with van der Waals surface area (Å²) >= 11 is 0. The van der Waals surface area contributed by atoms with E-state index in [4.69, 9.17) is 9.47 Å². The molecule has 2 amide bonds. The zero-order valence-electron chi connectivity index (χ0n) is 18.4. The minimum absolute atomic E-state index is 0.139. The summed E-state index contributed by atoms with van der Waals surface area (Å²) in [4.78, 5) is 47.9. The average molecular weight is 441 g/mol. The number of fused-ring (bicyclic) bond motifs is 1. The van der Waals surface area contributed by atoms with Crippen LogP contribution in [0.4, 0.5) is 17.5 Å². The van der Waals surface area contributed by atoms with Crippen LogP contribution in [0.2, 0.25) is 0 Å². The zero-order chi connectivity index (χ0) is 22.8. The van der Waals surface area contributed by atoms with Crippen LogP contribution < -0.4 is 30.6 Å². The molecule has 1 saturated heterocycles. The van der Waals surface area contributed by atoms with Crippen LogP contribution >= 0.6 is 0 Å². The largest absolute Gasteiger partial charge is 0.497 e. The Morgan fingerprint density at radius 1 is 1.22 bits per heavy atom. The van der Waals surface area contributed by atoms with Crippen molar-refractivity contribution in [1.29, 1.82) is 0 Å². The van der Waals surface area contributed by atoms with Crippen molar-refractivity contribution < 1.29 is 19.1 Å². The number of piperidine rings is 1. The lowest BCUT2D eigenvalue weighted by atomic mass is 9.92. The highest BCUT2D eigenvalue weighted by molar-refractivity contribution is 6.05. The Bertz CT molecular complexity index is 1100. The molecule has 2 unspecified atom stereocenters. The maximum Gasteiger partial charge on any atom is 0.258 e. The van der Waals surface area contributed by atoms with Gasteiger partial charge >= 0.3 is 0 Å². The third-order valence-corrected chi connectivity index (χ3v) is 6.00. The normalized spacial score (nSPS) is 20.2. The first kappa shape index (κ1) is 21.7. The van der Waals surface area contributed by atoms with Gasteiger partial charge in [-0.2, -0.15) is 4.98 Å². The van der Waals surface area contributed by atoms with Crippen molar-refractivity contribution >= 4 is 29.3 Å². The van der Waals surface area contributed by atoms with E-state index in [9.17, 15) is 14.4 Å². The van der Waals surface area contributed by atoms with Crippen LogP contribution in [0.1, 0.15) is 44.1 Å². The summed E-state index contributed by atoms with van der Waals surface area (Å²) in [7, 11) is 3.01. The number of H-pyrrole nitrogens is 1. The number of hydrogen-bond donors (Lipinski definition) is 3. The van der Waals surface area contributed by atoms with Crippen LogP contribution in [0.25, 0.3) is 0 Å². The van der Waals surface area contributed by atoms with Crippen molar-refractivity contribution in [2.24, 2.45) is 0 Å². The molecule has 3 heterocycles. The molecule has 3 N–H and O–H groups in total. The summed E-state index contributed by atoms with van der Waals surface area (Å²) < 4.78 is 10.5. The van der Waals surface area contributed by atoms with Gasteiger partial charge in [-0.25, -0.2) is 0 Å². The molecule has 10 heteroatoms. The van der Waals surface area contributed by atoms with Gasteiger partial charge in [0.1, 0.15) is 17.3 Å². The van der Waals surface area contributed by atoms with Crippen molar-refractivity contribution in [1.82, 2.24) is 9.97 Å². The molecule has 0 spiro atoms. The van der Waals surface area contributed by atoms with Gasteiger partial charge in [-0.1, -0.05) is 0 Å². The van der Waals surface area contributed by atoms with Crippen LogP contribution in [0, 0.1) is 0 Å². The lowest BCUT2D eigenvalue weighted by Crippen LogP contribution is -2.42. The first-order valence-corrected chi connectivity index (χ1v) is 10.6. The number of benzene rings is 1. The number of amides is 2. The van der Waals surface area contributed by atoms with Gasteiger partial charge in [0.25, 0.3) is 5.56 Å². The molecule has 0 radical (unpaired) electrons. The fourth-order valence-electron chi connectivity index (χ4n) is 4.25. The first-order valence-electron chi connectivity index (χ1n) is 10.6. The topological polar surface area (TPSA) is 126 Å². The van der Waals surface area contributed by atoms with E-state index in [2.05, 4.69) is 27.5 Å². The molecular weight excluding hydrogens is 414 g/mol. The summed E-state index contributed by atoms with van der Waals surface area (Å²) in [5.74, 6) is -0.304. The lowest BCUT2D eigenvalue weighted by Gasteiger charge is -2.34. The Labute approximate surface area is 185 Å². The summed E-state index contributed by atoms with van der Waals surface area (Å²) in [6, 6.07) is 5.19. The van der Waals surface area contributed by atoms with Crippen molar-refractivity contribution in [2.45, 2.75) is 44.6 Å². The fraction of sp³-hybridized carbons (Fsp3) is 0.455. The monoisotopic (exact) mass is 441 g/mol. The molecule has 32 heavy (non-hydrogen) atoms. The van der Waals surface area contributed by atoms with Crippen molar-refractivity contribution in [2.75, 3.05) is 36.3 Å². The van der Waals surface area contributed by atoms with E-state index in [-0.39, 0.29) is 29.8 Å². The maximum atomic E-state index is 13.1. The zero-order valence-corrected chi connectivity index (χ0v) is 18.4. The Kier molecular flexibility index (Phi) is 6.02. The number of nitrogens with one attached hydrogen (secondary N) is 3. The third-order valence-electron chi connectivity index (χ3n) is 6.00. The molecular formula is C22H27N5O5. The van der Waals surface area contributed by atoms with Crippen molar-refractivity contribution in [3.63, 3.8) is 0 Å². The molecule has 2 aliphatic rings. The van der Waals surface area contributed by atoms with E-state index in [1.807, 2.05) is 4.90 Å². The summed E-state index contributed by atoms with van der Waals surface area (Å²) in [5.41, 5.74) is 0.140. The van der Waals surface area contributed by atoms with Gasteiger partial charge in [-0.05, 0) is 38.3 Å². The van der Waals surface area contributed by atoms with Crippen LogP contribution in [0.15, 0.2) is 23.0 Å². The predicted molar refractivity (Wildman–Crippen MR) is 120 cm³/mol. The smallest absolute Gasteiger partial charge is 0.258 e. The molecule has 2 aromatic rings. The van der Waals surface area contributed by atoms with Crippen LogP contribution in [0.3, 0.4) is 0 Å². The summed E-state index contributed by atoms with van der Waals surface area (Å²) in [5, 5.41) is 5.43. The molecule has 1 aromatic carbocycles.